The van der Waals surface area contributed by atoms with Gasteiger partial charge in [0.25, 0.3) is 5.17 Å². The van der Waals surface area contributed by atoms with Crippen molar-refractivity contribution >= 4 is 29.3 Å². The van der Waals surface area contributed by atoms with Gasteiger partial charge < -0.3 is 19.8 Å². The normalized spacial score (nSPS) is 9.67. The van der Waals surface area contributed by atoms with E-state index in [1.165, 1.54) is 17.0 Å². The number of aromatic carboxylic acids is 2. The number of ether oxygens (including phenoxy) is 1. The maximum Gasteiger partial charge on any atom is 0.336 e. The zero-order valence-electron chi connectivity index (χ0n) is 9.71. The molecule has 0 bridgehead atoms. The number of nitrogens with zero attached hydrogens (tertiary/aromatic N) is 1. The Morgan fingerprint density at radius 1 is 1.17 bits per heavy atom. The van der Waals surface area contributed by atoms with Gasteiger partial charge in [0.2, 0.25) is 0 Å². The van der Waals surface area contributed by atoms with Crippen molar-refractivity contribution in [1.82, 2.24) is 4.90 Å². The first kappa shape index (κ1) is 13.9. The molecule has 0 aliphatic heterocycles. The molecular formula is C11H11NO5S. The molecule has 18 heavy (non-hydrogen) atoms. The number of carboxylic acid groups (broad SMARTS) is 2. The molecule has 0 aliphatic carbocycles. The van der Waals surface area contributed by atoms with Crippen LogP contribution in [0.5, 0.6) is 5.75 Å². The number of carbonyl (C=O) groups is 2. The summed E-state index contributed by atoms with van der Waals surface area (Å²) in [6, 6.07) is 3.65. The van der Waals surface area contributed by atoms with E-state index in [0.29, 0.717) is 0 Å². The Morgan fingerprint density at radius 2 is 1.72 bits per heavy atom. The molecule has 1 aromatic carbocycles. The van der Waals surface area contributed by atoms with E-state index in [1.807, 2.05) is 0 Å². The van der Waals surface area contributed by atoms with Crippen LogP contribution in [0.15, 0.2) is 18.2 Å². The van der Waals surface area contributed by atoms with Gasteiger partial charge in [0.15, 0.2) is 0 Å². The number of carboxylic acids is 2. The van der Waals surface area contributed by atoms with Crippen molar-refractivity contribution in [2.24, 2.45) is 0 Å². The maximum absolute atomic E-state index is 10.9. The topological polar surface area (TPSA) is 87.1 Å². The SMILES string of the molecule is CN(C)C(=S)Oc1ccc(C(=O)O)c(C(=O)O)c1. The summed E-state index contributed by atoms with van der Waals surface area (Å²) in [5.74, 6) is -2.47. The van der Waals surface area contributed by atoms with Gasteiger partial charge in [0.1, 0.15) is 5.75 Å². The summed E-state index contributed by atoms with van der Waals surface area (Å²) in [5.41, 5.74) is -0.646. The summed E-state index contributed by atoms with van der Waals surface area (Å²) >= 11 is 4.89. The highest BCUT2D eigenvalue weighted by molar-refractivity contribution is 7.80. The lowest BCUT2D eigenvalue weighted by Gasteiger charge is -2.14. The van der Waals surface area contributed by atoms with Crippen LogP contribution in [0.2, 0.25) is 0 Å². The number of benzene rings is 1. The molecule has 0 heterocycles. The van der Waals surface area contributed by atoms with Crippen LogP contribution in [0.3, 0.4) is 0 Å². The molecule has 0 aliphatic rings. The van der Waals surface area contributed by atoms with E-state index in [9.17, 15) is 9.59 Å². The smallest absolute Gasteiger partial charge is 0.336 e. The largest absolute Gasteiger partial charge is 0.478 e. The molecule has 2 N–H and O–H groups in total. The average Bonchev–Trinajstić information content (AvgIpc) is 2.28. The van der Waals surface area contributed by atoms with Crippen LogP contribution in [-0.2, 0) is 0 Å². The van der Waals surface area contributed by atoms with Crippen molar-refractivity contribution in [2.45, 2.75) is 0 Å². The Bertz CT molecular complexity index is 512. The molecule has 6 nitrogen and oxygen atoms in total. The van der Waals surface area contributed by atoms with Crippen molar-refractivity contribution in [3.8, 4) is 5.75 Å². The molecule has 0 aromatic heterocycles. The van der Waals surface area contributed by atoms with Crippen LogP contribution < -0.4 is 4.74 Å². The molecule has 1 rings (SSSR count). The molecule has 0 radical (unpaired) electrons. The summed E-state index contributed by atoms with van der Waals surface area (Å²) in [7, 11) is 3.35. The summed E-state index contributed by atoms with van der Waals surface area (Å²) in [5, 5.41) is 17.9. The van der Waals surface area contributed by atoms with Gasteiger partial charge in [-0.05, 0) is 30.4 Å². The monoisotopic (exact) mass is 269 g/mol. The summed E-state index contributed by atoms with van der Waals surface area (Å²) < 4.78 is 5.20. The van der Waals surface area contributed by atoms with Gasteiger partial charge in [-0.1, -0.05) is 0 Å². The van der Waals surface area contributed by atoms with Crippen LogP contribution in [-0.4, -0.2) is 46.3 Å². The number of thiocarbonyl (C=S) groups is 1. The molecule has 0 saturated heterocycles. The molecule has 0 fully saturated rings. The molecule has 0 spiro atoms. The van der Waals surface area contributed by atoms with Gasteiger partial charge in [-0.2, -0.15) is 0 Å². The lowest BCUT2D eigenvalue weighted by molar-refractivity contribution is 0.0651. The lowest BCUT2D eigenvalue weighted by Crippen LogP contribution is -2.25. The predicted octanol–water partition coefficient (Wildman–Crippen LogP) is 1.31. The van der Waals surface area contributed by atoms with E-state index in [2.05, 4.69) is 0 Å². The fourth-order valence-electron chi connectivity index (χ4n) is 1.14. The molecule has 0 unspecified atom stereocenters. The molecule has 0 amide bonds. The van der Waals surface area contributed by atoms with Gasteiger partial charge >= 0.3 is 11.9 Å². The summed E-state index contributed by atoms with van der Waals surface area (Å²) in [6.45, 7) is 0. The second kappa shape index (κ2) is 5.46. The van der Waals surface area contributed by atoms with E-state index in [0.717, 1.165) is 6.07 Å². The molecule has 0 saturated carbocycles. The first-order valence-electron chi connectivity index (χ1n) is 4.82. The van der Waals surface area contributed by atoms with Gasteiger partial charge in [0.05, 0.1) is 11.1 Å². The van der Waals surface area contributed by atoms with Gasteiger partial charge in [-0.3, -0.25) is 0 Å². The minimum atomic E-state index is -1.34. The van der Waals surface area contributed by atoms with E-state index < -0.39 is 11.9 Å². The van der Waals surface area contributed by atoms with E-state index >= 15 is 0 Å². The van der Waals surface area contributed by atoms with Crippen molar-refractivity contribution in [1.29, 1.82) is 0 Å². The Morgan fingerprint density at radius 3 is 2.17 bits per heavy atom. The Labute approximate surface area is 108 Å². The second-order valence-corrected chi connectivity index (χ2v) is 3.93. The molecule has 96 valence electrons. The highest BCUT2D eigenvalue weighted by atomic mass is 32.1. The Hall–Kier alpha value is -2.15. The number of hydrogen-bond donors (Lipinski definition) is 2. The van der Waals surface area contributed by atoms with E-state index in [1.54, 1.807) is 14.1 Å². The standard InChI is InChI=1S/C11H11NO5S/c1-12(2)11(18)17-6-3-4-7(9(13)14)8(5-6)10(15)16/h3-5H,1-2H3,(H,13,14)(H,15,16). The minimum absolute atomic E-state index is 0.148. The van der Waals surface area contributed by atoms with E-state index in [4.69, 9.17) is 27.2 Å². The predicted molar refractivity (Wildman–Crippen MR) is 67.3 cm³/mol. The molecule has 1 aromatic rings. The minimum Gasteiger partial charge on any atom is -0.478 e. The zero-order chi connectivity index (χ0) is 13.9. The van der Waals surface area contributed by atoms with Gasteiger partial charge in [-0.25, -0.2) is 9.59 Å². The fraction of sp³-hybridized carbons (Fsp3) is 0.182. The number of hydrogen-bond acceptors (Lipinski definition) is 4. The first-order valence-corrected chi connectivity index (χ1v) is 5.23. The van der Waals surface area contributed by atoms with E-state index in [-0.39, 0.29) is 22.1 Å². The summed E-state index contributed by atoms with van der Waals surface area (Å²) in [6.07, 6.45) is 0. The zero-order valence-corrected chi connectivity index (χ0v) is 10.5. The van der Waals surface area contributed by atoms with Crippen LogP contribution in [0.4, 0.5) is 0 Å². The number of rotatable bonds is 3. The molecular weight excluding hydrogens is 258 g/mol. The fourth-order valence-corrected chi connectivity index (χ4v) is 1.24. The van der Waals surface area contributed by atoms with Crippen molar-refractivity contribution in [3.63, 3.8) is 0 Å². The first-order chi connectivity index (χ1) is 8.32. The Balaban J connectivity index is 3.12. The highest BCUT2D eigenvalue weighted by Gasteiger charge is 2.17. The maximum atomic E-state index is 10.9. The average molecular weight is 269 g/mol. The third kappa shape index (κ3) is 3.17. The highest BCUT2D eigenvalue weighted by Crippen LogP contribution is 2.19. The molecule has 0 atom stereocenters. The summed E-state index contributed by atoms with van der Waals surface area (Å²) in [4.78, 5) is 23.3. The van der Waals surface area contributed by atoms with Crippen molar-refractivity contribution in [3.05, 3.63) is 29.3 Å². The van der Waals surface area contributed by atoms with Crippen molar-refractivity contribution < 1.29 is 24.5 Å². The van der Waals surface area contributed by atoms with Crippen LogP contribution >= 0.6 is 12.2 Å². The van der Waals surface area contributed by atoms with Gasteiger partial charge in [0, 0.05) is 14.1 Å². The molecule has 7 heteroatoms. The van der Waals surface area contributed by atoms with Crippen LogP contribution in [0.25, 0.3) is 0 Å². The van der Waals surface area contributed by atoms with Crippen molar-refractivity contribution in [2.75, 3.05) is 14.1 Å². The van der Waals surface area contributed by atoms with Gasteiger partial charge in [-0.15, -0.1) is 0 Å². The Kier molecular flexibility index (Phi) is 4.22. The third-order valence-electron chi connectivity index (χ3n) is 2.02. The van der Waals surface area contributed by atoms with Crippen LogP contribution in [0, 0.1) is 0 Å². The van der Waals surface area contributed by atoms with Crippen LogP contribution in [0.1, 0.15) is 20.7 Å². The lowest BCUT2D eigenvalue weighted by atomic mass is 10.1. The second-order valence-electron chi connectivity index (χ2n) is 3.58. The third-order valence-corrected chi connectivity index (χ3v) is 2.47. The quantitative estimate of drug-likeness (QED) is 0.800.